The predicted octanol–water partition coefficient (Wildman–Crippen LogP) is 3.32. The summed E-state index contributed by atoms with van der Waals surface area (Å²) in [5, 5.41) is 7.52. The summed E-state index contributed by atoms with van der Waals surface area (Å²) >= 11 is 1.20. The van der Waals surface area contributed by atoms with Gasteiger partial charge in [-0.3, -0.25) is 9.59 Å². The fourth-order valence-corrected chi connectivity index (χ4v) is 5.94. The second-order valence-electron chi connectivity index (χ2n) is 7.43. The molecular weight excluding hydrogens is 422 g/mol. The Balaban J connectivity index is 1.62. The van der Waals surface area contributed by atoms with Crippen LogP contribution < -0.4 is 10.6 Å². The van der Waals surface area contributed by atoms with Crippen LogP contribution in [0.2, 0.25) is 0 Å². The van der Waals surface area contributed by atoms with E-state index < -0.39 is 10.0 Å². The molecule has 1 aliphatic heterocycles. The Hall–Kier alpha value is -2.23. The Kier molecular flexibility index (Phi) is 7.27. The first kappa shape index (κ1) is 22.5. The van der Waals surface area contributed by atoms with Crippen molar-refractivity contribution in [3.63, 3.8) is 0 Å². The highest BCUT2D eigenvalue weighted by Gasteiger charge is 2.32. The van der Waals surface area contributed by atoms with Crippen molar-refractivity contribution in [2.75, 3.05) is 18.4 Å². The van der Waals surface area contributed by atoms with E-state index in [-0.39, 0.29) is 23.8 Å². The van der Waals surface area contributed by atoms with Crippen molar-refractivity contribution in [2.24, 2.45) is 5.92 Å². The van der Waals surface area contributed by atoms with E-state index in [9.17, 15) is 18.0 Å². The monoisotopic (exact) mass is 449 g/mol. The Morgan fingerprint density at radius 2 is 1.87 bits per heavy atom. The van der Waals surface area contributed by atoms with Crippen LogP contribution in [-0.2, 0) is 14.8 Å². The summed E-state index contributed by atoms with van der Waals surface area (Å²) in [6.07, 6.45) is 1.70. The molecule has 1 fully saturated rings. The number of amides is 2. The van der Waals surface area contributed by atoms with Crippen LogP contribution in [0, 0.1) is 5.92 Å². The van der Waals surface area contributed by atoms with E-state index in [0.717, 1.165) is 6.42 Å². The molecule has 0 spiro atoms. The van der Waals surface area contributed by atoms with E-state index in [2.05, 4.69) is 10.6 Å². The number of carbonyl (C=O) groups is 2. The smallest absolute Gasteiger partial charge is 0.253 e. The molecule has 2 N–H and O–H groups in total. The van der Waals surface area contributed by atoms with Gasteiger partial charge in [0.05, 0.1) is 11.3 Å². The second kappa shape index (κ2) is 9.72. The molecule has 0 aliphatic carbocycles. The van der Waals surface area contributed by atoms with E-state index in [4.69, 9.17) is 0 Å². The predicted molar refractivity (Wildman–Crippen MR) is 118 cm³/mol. The zero-order chi connectivity index (χ0) is 21.7. The summed E-state index contributed by atoms with van der Waals surface area (Å²) < 4.78 is 27.0. The van der Waals surface area contributed by atoms with Gasteiger partial charge in [-0.25, -0.2) is 8.42 Å². The minimum Gasteiger partial charge on any atom is -0.350 e. The first-order valence-corrected chi connectivity index (χ1v) is 12.4. The lowest BCUT2D eigenvalue weighted by Crippen LogP contribution is -2.41. The molecular formula is C21H27N3O4S2. The number of benzene rings is 1. The number of nitrogens with zero attached hydrogens (tertiary/aromatic N) is 1. The first-order valence-electron chi connectivity index (χ1n) is 10.1. The van der Waals surface area contributed by atoms with Crippen LogP contribution in [0.5, 0.6) is 0 Å². The van der Waals surface area contributed by atoms with Crippen molar-refractivity contribution in [2.45, 2.75) is 43.4 Å². The highest BCUT2D eigenvalue weighted by Crippen LogP contribution is 2.27. The molecule has 7 nitrogen and oxygen atoms in total. The van der Waals surface area contributed by atoms with Crippen molar-refractivity contribution in [1.29, 1.82) is 0 Å². The summed E-state index contributed by atoms with van der Waals surface area (Å²) in [6, 6.07) is 10.3. The van der Waals surface area contributed by atoms with Gasteiger partial charge in [-0.15, -0.1) is 11.3 Å². The number of nitrogens with one attached hydrogen (secondary N) is 2. The number of sulfonamides is 1. The minimum atomic E-state index is -3.49. The molecule has 1 aromatic carbocycles. The third-order valence-corrected chi connectivity index (χ3v) is 8.61. The third kappa shape index (κ3) is 5.08. The van der Waals surface area contributed by atoms with E-state index >= 15 is 0 Å². The van der Waals surface area contributed by atoms with Gasteiger partial charge in [0, 0.05) is 25.0 Å². The standard InChI is InChI=1S/C21H27N3O4S2/c1-3-15(2)22-21(26)17-7-4-5-8-18(17)23-20(25)16-10-12-24(13-11-16)30(27,28)19-9-6-14-29-19/h4-9,14-16H,3,10-13H2,1-2H3,(H,22,26)(H,23,25)/t15-/m0/s1. The molecule has 0 saturated carbocycles. The molecule has 3 rings (SSSR count). The zero-order valence-corrected chi connectivity index (χ0v) is 18.8. The third-order valence-electron chi connectivity index (χ3n) is 5.33. The lowest BCUT2D eigenvalue weighted by molar-refractivity contribution is -0.120. The Labute approximate surface area is 181 Å². The van der Waals surface area contributed by atoms with Crippen molar-refractivity contribution >= 4 is 38.9 Å². The molecule has 30 heavy (non-hydrogen) atoms. The average Bonchev–Trinajstić information content (AvgIpc) is 3.30. The lowest BCUT2D eigenvalue weighted by Gasteiger charge is -2.30. The topological polar surface area (TPSA) is 95.6 Å². The number of hydrogen-bond donors (Lipinski definition) is 2. The van der Waals surface area contributed by atoms with Crippen molar-refractivity contribution in [1.82, 2.24) is 9.62 Å². The van der Waals surface area contributed by atoms with Crippen LogP contribution in [0.4, 0.5) is 5.69 Å². The van der Waals surface area contributed by atoms with Gasteiger partial charge >= 0.3 is 0 Å². The normalized spacial score (nSPS) is 16.7. The highest BCUT2D eigenvalue weighted by atomic mass is 32.2. The quantitative estimate of drug-likeness (QED) is 0.678. The van der Waals surface area contributed by atoms with Crippen molar-refractivity contribution in [3.8, 4) is 0 Å². The van der Waals surface area contributed by atoms with Gasteiger partial charge in [-0.1, -0.05) is 25.1 Å². The Bertz CT molecular complexity index is 981. The van der Waals surface area contributed by atoms with Crippen LogP contribution in [0.25, 0.3) is 0 Å². The minimum absolute atomic E-state index is 0.0379. The number of anilines is 1. The Morgan fingerprint density at radius 1 is 1.17 bits per heavy atom. The van der Waals surface area contributed by atoms with Gasteiger partial charge in [0.1, 0.15) is 4.21 Å². The fourth-order valence-electron chi connectivity index (χ4n) is 3.32. The first-order chi connectivity index (χ1) is 14.3. The number of rotatable bonds is 7. The molecule has 2 aromatic rings. The summed E-state index contributed by atoms with van der Waals surface area (Å²) in [4.78, 5) is 25.3. The molecule has 9 heteroatoms. The maximum atomic E-state index is 12.8. The van der Waals surface area contributed by atoms with E-state index in [0.29, 0.717) is 41.4 Å². The number of para-hydroxylation sites is 1. The largest absolute Gasteiger partial charge is 0.350 e. The van der Waals surface area contributed by atoms with Crippen molar-refractivity contribution < 1.29 is 18.0 Å². The summed E-state index contributed by atoms with van der Waals surface area (Å²) in [5.74, 6) is -0.713. The molecule has 0 radical (unpaired) electrons. The summed E-state index contributed by atoms with van der Waals surface area (Å²) in [6.45, 7) is 4.52. The number of thiophene rings is 1. The summed E-state index contributed by atoms with van der Waals surface area (Å²) in [5.41, 5.74) is 0.890. The van der Waals surface area contributed by atoms with Crippen LogP contribution in [0.1, 0.15) is 43.5 Å². The molecule has 162 valence electrons. The fraction of sp³-hybridized carbons (Fsp3) is 0.429. The van der Waals surface area contributed by atoms with Crippen molar-refractivity contribution in [3.05, 3.63) is 47.3 Å². The van der Waals surface area contributed by atoms with Gasteiger partial charge in [-0.2, -0.15) is 4.31 Å². The maximum Gasteiger partial charge on any atom is 0.253 e. The number of carbonyl (C=O) groups excluding carboxylic acids is 2. The second-order valence-corrected chi connectivity index (χ2v) is 10.5. The molecule has 2 amide bonds. The molecule has 0 unspecified atom stereocenters. The van der Waals surface area contributed by atoms with Gasteiger partial charge in [0.25, 0.3) is 15.9 Å². The molecule has 1 aromatic heterocycles. The van der Waals surface area contributed by atoms with Gasteiger partial charge in [0.15, 0.2) is 0 Å². The number of hydrogen-bond acceptors (Lipinski definition) is 5. The molecule has 1 saturated heterocycles. The van der Waals surface area contributed by atoms with E-state index in [1.54, 1.807) is 41.8 Å². The van der Waals surface area contributed by atoms with Crippen LogP contribution in [0.15, 0.2) is 46.0 Å². The molecule has 2 heterocycles. The SMILES string of the molecule is CC[C@H](C)NC(=O)c1ccccc1NC(=O)C1CCN(S(=O)(=O)c2cccs2)CC1. The average molecular weight is 450 g/mol. The van der Waals surface area contributed by atoms with Gasteiger partial charge in [0.2, 0.25) is 5.91 Å². The lowest BCUT2D eigenvalue weighted by atomic mass is 9.97. The maximum absolute atomic E-state index is 12.8. The zero-order valence-electron chi connectivity index (χ0n) is 17.1. The van der Waals surface area contributed by atoms with E-state index in [1.807, 2.05) is 13.8 Å². The highest BCUT2D eigenvalue weighted by molar-refractivity contribution is 7.91. The van der Waals surface area contributed by atoms with Crippen LogP contribution in [0.3, 0.4) is 0 Å². The molecule has 1 atom stereocenters. The van der Waals surface area contributed by atoms with E-state index in [1.165, 1.54) is 15.6 Å². The van der Waals surface area contributed by atoms with Crippen LogP contribution in [-0.4, -0.2) is 43.7 Å². The van der Waals surface area contributed by atoms with Gasteiger partial charge in [-0.05, 0) is 49.8 Å². The molecule has 1 aliphatic rings. The molecule has 0 bridgehead atoms. The number of piperidine rings is 1. The summed E-state index contributed by atoms with van der Waals surface area (Å²) in [7, 11) is -3.49. The van der Waals surface area contributed by atoms with Gasteiger partial charge < -0.3 is 10.6 Å². The van der Waals surface area contributed by atoms with Crippen LogP contribution >= 0.6 is 11.3 Å². The Morgan fingerprint density at radius 3 is 2.50 bits per heavy atom.